The summed E-state index contributed by atoms with van der Waals surface area (Å²) in [5.41, 5.74) is 0. The fourth-order valence-corrected chi connectivity index (χ4v) is 2.06. The summed E-state index contributed by atoms with van der Waals surface area (Å²) >= 11 is 0. The van der Waals surface area contributed by atoms with Crippen LogP contribution in [0.5, 0.6) is 0 Å². The Morgan fingerprint density at radius 3 is 2.10 bits per heavy atom. The summed E-state index contributed by atoms with van der Waals surface area (Å²) in [4.78, 5) is 37.1. The van der Waals surface area contributed by atoms with E-state index in [1.165, 1.54) is 0 Å². The molecule has 1 fully saturated rings. The number of ether oxygens (including phenoxy) is 1. The van der Waals surface area contributed by atoms with Crippen LogP contribution in [0.2, 0.25) is 0 Å². The van der Waals surface area contributed by atoms with E-state index in [1.54, 1.807) is 16.7 Å². The van der Waals surface area contributed by atoms with Crippen LogP contribution < -0.4 is 0 Å². The number of carbonyl (C=O) groups excluding carboxylic acids is 2. The fourth-order valence-electron chi connectivity index (χ4n) is 2.06. The second kappa shape index (κ2) is 8.39. The molecule has 114 valence electrons. The van der Waals surface area contributed by atoms with E-state index in [0.29, 0.717) is 52.0 Å². The first kappa shape index (κ1) is 16.3. The first-order valence-electron chi connectivity index (χ1n) is 6.96. The van der Waals surface area contributed by atoms with E-state index in [9.17, 15) is 14.4 Å². The molecule has 0 unspecified atom stereocenters. The number of rotatable bonds is 6. The van der Waals surface area contributed by atoms with Crippen LogP contribution in [0, 0.1) is 0 Å². The zero-order chi connectivity index (χ0) is 15.0. The number of piperazine rings is 1. The number of amides is 2. The van der Waals surface area contributed by atoms with E-state index < -0.39 is 5.97 Å². The quantitative estimate of drug-likeness (QED) is 0.734. The van der Waals surface area contributed by atoms with E-state index in [0.717, 1.165) is 0 Å². The number of carboxylic acid groups (broad SMARTS) is 1. The van der Waals surface area contributed by atoms with Crippen molar-refractivity contribution in [3.8, 4) is 0 Å². The molecule has 0 aromatic carbocycles. The monoisotopic (exact) mass is 286 g/mol. The average molecular weight is 286 g/mol. The number of carbonyl (C=O) groups is 3. The average Bonchev–Trinajstić information content (AvgIpc) is 2.43. The molecule has 1 aliphatic rings. The maximum Gasteiger partial charge on any atom is 0.409 e. The molecule has 1 rings (SSSR count). The van der Waals surface area contributed by atoms with Crippen molar-refractivity contribution in [1.29, 1.82) is 0 Å². The van der Waals surface area contributed by atoms with E-state index in [1.807, 2.05) is 0 Å². The standard InChI is InChI=1S/C13H22N2O5/c1-2-20-13(19)15-9-7-14(8-10-15)11(16)5-3-4-6-12(17)18/h2-10H2,1H3,(H,17,18). The lowest BCUT2D eigenvalue weighted by molar-refractivity contribution is -0.137. The molecule has 7 nitrogen and oxygen atoms in total. The molecule has 0 atom stereocenters. The minimum absolute atomic E-state index is 0.0268. The predicted octanol–water partition coefficient (Wildman–Crippen LogP) is 0.932. The van der Waals surface area contributed by atoms with E-state index >= 15 is 0 Å². The van der Waals surface area contributed by atoms with E-state index in [-0.39, 0.29) is 18.4 Å². The molecular formula is C13H22N2O5. The topological polar surface area (TPSA) is 87.2 Å². The Balaban J connectivity index is 2.22. The normalized spacial score (nSPS) is 15.1. The maximum atomic E-state index is 11.9. The van der Waals surface area contributed by atoms with Gasteiger partial charge in [0.1, 0.15) is 0 Å². The number of carboxylic acids is 1. The second-order valence-corrected chi connectivity index (χ2v) is 4.67. The highest BCUT2D eigenvalue weighted by molar-refractivity contribution is 5.76. The molecule has 0 saturated carbocycles. The molecule has 1 N–H and O–H groups in total. The third-order valence-electron chi connectivity index (χ3n) is 3.19. The third kappa shape index (κ3) is 5.46. The van der Waals surface area contributed by atoms with Crippen molar-refractivity contribution in [3.63, 3.8) is 0 Å². The lowest BCUT2D eigenvalue weighted by atomic mass is 10.1. The van der Waals surface area contributed by atoms with Gasteiger partial charge in [-0.2, -0.15) is 0 Å². The summed E-state index contributed by atoms with van der Waals surface area (Å²) in [5, 5.41) is 8.51. The molecule has 0 aromatic heterocycles. The number of unbranched alkanes of at least 4 members (excludes halogenated alkanes) is 1. The number of nitrogens with zero attached hydrogens (tertiary/aromatic N) is 2. The maximum absolute atomic E-state index is 11.9. The van der Waals surface area contributed by atoms with Gasteiger partial charge in [0, 0.05) is 39.0 Å². The molecule has 0 spiro atoms. The molecule has 0 aliphatic carbocycles. The van der Waals surface area contributed by atoms with E-state index in [2.05, 4.69) is 0 Å². The van der Waals surface area contributed by atoms with Gasteiger partial charge < -0.3 is 19.6 Å². The molecule has 1 heterocycles. The molecule has 0 bridgehead atoms. The second-order valence-electron chi connectivity index (χ2n) is 4.67. The summed E-state index contributed by atoms with van der Waals surface area (Å²) in [6, 6.07) is 0. The van der Waals surface area contributed by atoms with Crippen LogP contribution in [0.3, 0.4) is 0 Å². The molecule has 7 heteroatoms. The minimum atomic E-state index is -0.833. The van der Waals surface area contributed by atoms with Crippen molar-refractivity contribution in [2.75, 3.05) is 32.8 Å². The van der Waals surface area contributed by atoms with E-state index in [4.69, 9.17) is 9.84 Å². The van der Waals surface area contributed by atoms with Gasteiger partial charge >= 0.3 is 12.1 Å². The molecule has 20 heavy (non-hydrogen) atoms. The Morgan fingerprint density at radius 1 is 1.00 bits per heavy atom. The molecule has 1 saturated heterocycles. The molecule has 1 aliphatic heterocycles. The fraction of sp³-hybridized carbons (Fsp3) is 0.769. The van der Waals surface area contributed by atoms with Crippen LogP contribution in [-0.2, 0) is 14.3 Å². The first-order chi connectivity index (χ1) is 9.54. The largest absolute Gasteiger partial charge is 0.481 e. The van der Waals surface area contributed by atoms with Gasteiger partial charge in [0.05, 0.1) is 6.61 Å². The van der Waals surface area contributed by atoms with Gasteiger partial charge in [-0.3, -0.25) is 9.59 Å². The summed E-state index contributed by atoms with van der Waals surface area (Å²) in [6.07, 6.45) is 1.24. The van der Waals surface area contributed by atoms with Crippen molar-refractivity contribution in [1.82, 2.24) is 9.80 Å². The Hall–Kier alpha value is -1.79. The van der Waals surface area contributed by atoms with Crippen molar-refractivity contribution < 1.29 is 24.2 Å². The highest BCUT2D eigenvalue weighted by Gasteiger charge is 2.24. The summed E-state index contributed by atoms with van der Waals surface area (Å²) < 4.78 is 4.91. The number of hydrogen-bond acceptors (Lipinski definition) is 4. The van der Waals surface area contributed by atoms with Gasteiger partial charge in [-0.05, 0) is 19.8 Å². The highest BCUT2D eigenvalue weighted by Crippen LogP contribution is 2.08. The lowest BCUT2D eigenvalue weighted by Crippen LogP contribution is -2.50. The Bertz CT molecular complexity index is 351. The summed E-state index contributed by atoms with van der Waals surface area (Å²) in [6.45, 7) is 4.10. The Morgan fingerprint density at radius 2 is 1.55 bits per heavy atom. The van der Waals surface area contributed by atoms with Gasteiger partial charge in [0.25, 0.3) is 0 Å². The minimum Gasteiger partial charge on any atom is -0.481 e. The summed E-state index contributed by atoms with van der Waals surface area (Å²) in [5.74, 6) is -0.806. The van der Waals surface area contributed by atoms with Crippen molar-refractivity contribution in [2.45, 2.75) is 32.6 Å². The SMILES string of the molecule is CCOC(=O)N1CCN(C(=O)CCCCC(=O)O)CC1. The summed E-state index contributed by atoms with van der Waals surface area (Å²) in [7, 11) is 0. The first-order valence-corrected chi connectivity index (χ1v) is 6.96. The molecule has 0 aromatic rings. The molecular weight excluding hydrogens is 264 g/mol. The lowest BCUT2D eigenvalue weighted by Gasteiger charge is -2.34. The smallest absolute Gasteiger partial charge is 0.409 e. The van der Waals surface area contributed by atoms with Gasteiger partial charge in [0.2, 0.25) is 5.91 Å². The van der Waals surface area contributed by atoms with Crippen LogP contribution >= 0.6 is 0 Å². The van der Waals surface area contributed by atoms with Crippen molar-refractivity contribution in [2.24, 2.45) is 0 Å². The van der Waals surface area contributed by atoms with Gasteiger partial charge in [-0.25, -0.2) is 4.79 Å². The van der Waals surface area contributed by atoms with Crippen LogP contribution in [0.25, 0.3) is 0 Å². The number of hydrogen-bond donors (Lipinski definition) is 1. The molecule has 0 radical (unpaired) electrons. The Kier molecular flexibility index (Phi) is 6.83. The van der Waals surface area contributed by atoms with Crippen molar-refractivity contribution >= 4 is 18.0 Å². The highest BCUT2D eigenvalue weighted by atomic mass is 16.6. The van der Waals surface area contributed by atoms with Crippen LogP contribution in [0.4, 0.5) is 4.79 Å². The van der Waals surface area contributed by atoms with Gasteiger partial charge in [-0.1, -0.05) is 0 Å². The van der Waals surface area contributed by atoms with Crippen LogP contribution in [0.1, 0.15) is 32.6 Å². The predicted molar refractivity (Wildman–Crippen MR) is 71.3 cm³/mol. The zero-order valence-electron chi connectivity index (χ0n) is 11.8. The van der Waals surface area contributed by atoms with Gasteiger partial charge in [0.15, 0.2) is 0 Å². The van der Waals surface area contributed by atoms with Gasteiger partial charge in [-0.15, -0.1) is 0 Å². The van der Waals surface area contributed by atoms with Crippen molar-refractivity contribution in [3.05, 3.63) is 0 Å². The van der Waals surface area contributed by atoms with Crippen LogP contribution in [-0.4, -0.2) is 65.7 Å². The van der Waals surface area contributed by atoms with Crippen LogP contribution in [0.15, 0.2) is 0 Å². The number of aliphatic carboxylic acids is 1. The Labute approximate surface area is 118 Å². The molecule has 2 amide bonds. The third-order valence-corrected chi connectivity index (χ3v) is 3.19. The zero-order valence-corrected chi connectivity index (χ0v) is 11.8.